The molecule has 0 aliphatic carbocycles. The lowest BCUT2D eigenvalue weighted by Gasteiger charge is -2.41. The number of amides is 1. The van der Waals surface area contributed by atoms with Crippen LogP contribution in [0.15, 0.2) is 24.3 Å². The third-order valence-corrected chi connectivity index (χ3v) is 4.01. The Bertz CT molecular complexity index is 574. The van der Waals surface area contributed by atoms with Crippen molar-refractivity contribution >= 4 is 11.8 Å². The van der Waals surface area contributed by atoms with Crippen LogP contribution in [0.3, 0.4) is 0 Å². The fourth-order valence-electron chi connectivity index (χ4n) is 3.05. The first-order valence-electron chi connectivity index (χ1n) is 8.28. The van der Waals surface area contributed by atoms with Crippen LogP contribution < -0.4 is 4.90 Å². The Labute approximate surface area is 143 Å². The van der Waals surface area contributed by atoms with Crippen LogP contribution in [0, 0.1) is 0 Å². The number of benzene rings is 1. The van der Waals surface area contributed by atoms with Crippen LogP contribution in [0.1, 0.15) is 38.8 Å². The molecule has 2 rings (SSSR count). The number of likely N-dealkylation sites (N-methyl/N-ethyl adjacent to an activating group) is 1. The predicted octanol–water partition coefficient (Wildman–Crippen LogP) is 3.14. The van der Waals surface area contributed by atoms with Crippen molar-refractivity contribution in [3.63, 3.8) is 0 Å². The molecule has 24 heavy (non-hydrogen) atoms. The van der Waals surface area contributed by atoms with Gasteiger partial charge in [-0.15, -0.1) is 0 Å². The molecule has 2 atom stereocenters. The largest absolute Gasteiger partial charge is 0.443 e. The molecular formula is C18H27FN2O3. The van der Waals surface area contributed by atoms with Gasteiger partial charge in [0.25, 0.3) is 0 Å². The zero-order chi connectivity index (χ0) is 17.9. The second-order valence-electron chi connectivity index (χ2n) is 7.19. The molecule has 134 valence electrons. The summed E-state index contributed by atoms with van der Waals surface area (Å²) in [5.41, 5.74) is 0.976. The molecule has 0 saturated heterocycles. The monoisotopic (exact) mass is 338 g/mol. The van der Waals surface area contributed by atoms with Crippen molar-refractivity contribution in [2.24, 2.45) is 0 Å². The van der Waals surface area contributed by atoms with E-state index in [-0.39, 0.29) is 12.6 Å². The van der Waals surface area contributed by atoms with Gasteiger partial charge in [-0.3, -0.25) is 14.2 Å². The predicted molar refractivity (Wildman–Crippen MR) is 92.0 cm³/mol. The first-order valence-corrected chi connectivity index (χ1v) is 8.28. The van der Waals surface area contributed by atoms with Gasteiger partial charge in [0, 0.05) is 6.54 Å². The van der Waals surface area contributed by atoms with E-state index in [0.717, 1.165) is 11.3 Å². The van der Waals surface area contributed by atoms with Crippen molar-refractivity contribution in [2.75, 3.05) is 31.7 Å². The van der Waals surface area contributed by atoms with Crippen LogP contribution in [0.25, 0.3) is 0 Å². The van der Waals surface area contributed by atoms with Gasteiger partial charge in [-0.05, 0) is 45.9 Å². The van der Waals surface area contributed by atoms with Gasteiger partial charge in [0.15, 0.2) is 0 Å². The molecule has 0 aromatic heterocycles. The minimum Gasteiger partial charge on any atom is -0.443 e. The number of carbonyl (C=O) groups is 1. The second kappa shape index (κ2) is 7.49. The van der Waals surface area contributed by atoms with Crippen LogP contribution in [-0.2, 0) is 4.74 Å². The van der Waals surface area contributed by atoms with Crippen molar-refractivity contribution in [1.29, 1.82) is 0 Å². The molecule has 0 unspecified atom stereocenters. The Kier molecular flexibility index (Phi) is 5.83. The van der Waals surface area contributed by atoms with Gasteiger partial charge in [-0.1, -0.05) is 18.2 Å². The van der Waals surface area contributed by atoms with Gasteiger partial charge in [0.05, 0.1) is 31.1 Å². The smallest absolute Gasteiger partial charge is 0.414 e. The molecule has 1 aromatic carbocycles. The summed E-state index contributed by atoms with van der Waals surface area (Å²) in [5, 5.41) is 10.6. The van der Waals surface area contributed by atoms with E-state index in [0.29, 0.717) is 13.0 Å². The number of carbonyl (C=O) groups excluding carboxylic acids is 1. The number of nitrogens with zero attached hydrogens (tertiary/aromatic N) is 2. The number of rotatable bonds is 4. The fourth-order valence-corrected chi connectivity index (χ4v) is 3.05. The number of hydrogen-bond acceptors (Lipinski definition) is 4. The molecular weight excluding hydrogens is 311 g/mol. The maximum Gasteiger partial charge on any atom is 0.414 e. The standard InChI is InChI=1S/C18H27FN2O3/c1-18(2,3)24-17(23)21-12-15(22)16(20(4)11-7-10-19)13-8-5-6-9-14(13)21/h5-6,8-9,15-16,22H,7,10-12H2,1-4H3/t15-,16-/m1/s1. The molecule has 1 amide bonds. The SMILES string of the molecule is CN(CCCF)[C@@H]1c2ccccc2N(C(=O)OC(C)(C)C)C[C@H]1O. The number of β-amino-alcohol motifs (C(OH)–C–C–N with tert-alkyl or cyclic N) is 1. The topological polar surface area (TPSA) is 53.0 Å². The average Bonchev–Trinajstić information content (AvgIpc) is 2.50. The van der Waals surface area contributed by atoms with E-state index in [2.05, 4.69) is 0 Å². The molecule has 0 fully saturated rings. The highest BCUT2D eigenvalue weighted by atomic mass is 19.1. The van der Waals surface area contributed by atoms with E-state index < -0.39 is 24.5 Å². The number of anilines is 1. The van der Waals surface area contributed by atoms with Gasteiger partial charge in [0.2, 0.25) is 0 Å². The van der Waals surface area contributed by atoms with Gasteiger partial charge in [-0.2, -0.15) is 0 Å². The third-order valence-electron chi connectivity index (χ3n) is 4.01. The van der Waals surface area contributed by atoms with Crippen molar-refractivity contribution in [3.8, 4) is 0 Å². The maximum atomic E-state index is 12.5. The number of alkyl halides is 1. The van der Waals surface area contributed by atoms with Gasteiger partial charge >= 0.3 is 6.09 Å². The molecule has 5 nitrogen and oxygen atoms in total. The Morgan fingerprint density at radius 2 is 2.08 bits per heavy atom. The van der Waals surface area contributed by atoms with Crippen molar-refractivity contribution in [3.05, 3.63) is 29.8 Å². The second-order valence-corrected chi connectivity index (χ2v) is 7.19. The third kappa shape index (κ3) is 4.24. The first kappa shape index (κ1) is 18.7. The number of ether oxygens (including phenoxy) is 1. The molecule has 1 N–H and O–H groups in total. The lowest BCUT2D eigenvalue weighted by atomic mass is 9.93. The number of fused-ring (bicyclic) bond motifs is 1. The minimum absolute atomic E-state index is 0.149. The van der Waals surface area contributed by atoms with Crippen LogP contribution >= 0.6 is 0 Å². The Balaban J connectivity index is 2.31. The average molecular weight is 338 g/mol. The van der Waals surface area contributed by atoms with Crippen molar-refractivity contribution in [2.45, 2.75) is 44.9 Å². The zero-order valence-corrected chi connectivity index (χ0v) is 14.8. The molecule has 0 saturated carbocycles. The van der Waals surface area contributed by atoms with Crippen LogP contribution in [0.2, 0.25) is 0 Å². The van der Waals surface area contributed by atoms with E-state index >= 15 is 0 Å². The summed E-state index contributed by atoms with van der Waals surface area (Å²) < 4.78 is 17.9. The van der Waals surface area contributed by atoms with Crippen LogP contribution in [-0.4, -0.2) is 54.6 Å². The van der Waals surface area contributed by atoms with Crippen LogP contribution in [0.4, 0.5) is 14.9 Å². The highest BCUT2D eigenvalue weighted by Gasteiger charge is 2.38. The maximum absolute atomic E-state index is 12.5. The number of para-hydroxylation sites is 1. The summed E-state index contributed by atoms with van der Waals surface area (Å²) >= 11 is 0. The van der Waals surface area contributed by atoms with E-state index in [1.165, 1.54) is 4.90 Å². The molecule has 6 heteroatoms. The van der Waals surface area contributed by atoms with Crippen LogP contribution in [0.5, 0.6) is 0 Å². The highest BCUT2D eigenvalue weighted by Crippen LogP contribution is 2.37. The number of hydrogen-bond donors (Lipinski definition) is 1. The first-order chi connectivity index (χ1) is 11.2. The molecule has 0 spiro atoms. The van der Waals surface area contributed by atoms with Gasteiger partial charge < -0.3 is 9.84 Å². The summed E-state index contributed by atoms with van der Waals surface area (Å²) in [6.45, 7) is 5.73. The molecule has 1 aliphatic heterocycles. The lowest BCUT2D eigenvalue weighted by molar-refractivity contribution is 0.0410. The molecule has 1 aliphatic rings. The Hall–Kier alpha value is -1.66. The molecule has 0 bridgehead atoms. The lowest BCUT2D eigenvalue weighted by Crippen LogP contribution is -2.50. The van der Waals surface area contributed by atoms with E-state index in [1.807, 2.05) is 57.0 Å². The normalized spacial score (nSPS) is 20.9. The number of aliphatic hydroxyl groups is 1. The highest BCUT2D eigenvalue weighted by molar-refractivity contribution is 5.90. The van der Waals surface area contributed by atoms with Gasteiger partial charge in [0.1, 0.15) is 5.60 Å². The van der Waals surface area contributed by atoms with E-state index in [4.69, 9.17) is 4.74 Å². The Morgan fingerprint density at radius 1 is 1.42 bits per heavy atom. The summed E-state index contributed by atoms with van der Waals surface area (Å²) in [4.78, 5) is 15.9. The van der Waals surface area contributed by atoms with Gasteiger partial charge in [-0.25, -0.2) is 4.79 Å². The molecule has 0 radical (unpaired) electrons. The number of halogens is 1. The zero-order valence-electron chi connectivity index (χ0n) is 14.8. The fraction of sp³-hybridized carbons (Fsp3) is 0.611. The number of aliphatic hydroxyl groups excluding tert-OH is 1. The summed E-state index contributed by atoms with van der Waals surface area (Å²) in [7, 11) is 1.86. The van der Waals surface area contributed by atoms with Crippen molar-refractivity contribution in [1.82, 2.24) is 4.90 Å². The summed E-state index contributed by atoms with van der Waals surface area (Å²) in [6.07, 6.45) is -0.826. The minimum atomic E-state index is -0.767. The molecule has 1 aromatic rings. The summed E-state index contributed by atoms with van der Waals surface area (Å²) in [5.74, 6) is 0. The summed E-state index contributed by atoms with van der Waals surface area (Å²) in [6, 6.07) is 7.20. The van der Waals surface area contributed by atoms with Crippen molar-refractivity contribution < 1.29 is 19.0 Å². The van der Waals surface area contributed by atoms with E-state index in [9.17, 15) is 14.3 Å². The molecule has 1 heterocycles. The quantitative estimate of drug-likeness (QED) is 0.916. The van der Waals surface area contributed by atoms with E-state index in [1.54, 1.807) is 0 Å². The Morgan fingerprint density at radius 3 is 2.71 bits per heavy atom.